The highest BCUT2D eigenvalue weighted by atomic mass is 19.1. The van der Waals surface area contributed by atoms with Crippen molar-refractivity contribution in [2.24, 2.45) is 7.05 Å². The molecule has 1 aliphatic rings. The number of aromatic nitrogens is 2. The number of carboxylic acid groups (broad SMARTS) is 1. The average molecular weight is 477 g/mol. The fourth-order valence-corrected chi connectivity index (χ4v) is 4.80. The van der Waals surface area contributed by atoms with Crippen molar-refractivity contribution < 1.29 is 23.8 Å². The molecule has 1 N–H and O–H groups in total. The first-order valence-corrected chi connectivity index (χ1v) is 11.3. The first-order chi connectivity index (χ1) is 16.6. The van der Waals surface area contributed by atoms with Crippen molar-refractivity contribution in [1.29, 1.82) is 0 Å². The zero-order chi connectivity index (χ0) is 25.1. The van der Waals surface area contributed by atoms with Crippen LogP contribution in [0.15, 0.2) is 47.4 Å². The molecule has 35 heavy (non-hydrogen) atoms. The topological polar surface area (TPSA) is 90.7 Å². The maximum Gasteiger partial charge on any atom is 0.339 e. The lowest BCUT2D eigenvalue weighted by Gasteiger charge is -2.29. The molecule has 2 aromatic heterocycles. The molecule has 0 radical (unpaired) electrons. The van der Waals surface area contributed by atoms with E-state index >= 15 is 4.39 Å². The van der Waals surface area contributed by atoms with Crippen molar-refractivity contribution in [2.75, 3.05) is 6.61 Å². The molecule has 0 saturated carbocycles. The van der Waals surface area contributed by atoms with Crippen LogP contribution in [-0.4, -0.2) is 32.8 Å². The number of rotatable bonds is 4. The van der Waals surface area contributed by atoms with Crippen molar-refractivity contribution in [3.63, 3.8) is 0 Å². The number of aliphatic carboxylic acids is 1. The van der Waals surface area contributed by atoms with Gasteiger partial charge in [-0.25, -0.2) is 9.18 Å². The van der Waals surface area contributed by atoms with E-state index in [1.54, 1.807) is 39.1 Å². The number of hydrogen-bond acceptors (Lipinski definition) is 5. The van der Waals surface area contributed by atoms with Crippen molar-refractivity contribution >= 4 is 27.6 Å². The Bertz CT molecular complexity index is 1560. The number of carbonyl (C=O) groups is 1. The van der Waals surface area contributed by atoms with Crippen LogP contribution >= 0.6 is 0 Å². The second-order valence-corrected chi connectivity index (χ2v) is 9.64. The molecule has 0 fully saturated rings. The Morgan fingerprint density at radius 3 is 2.69 bits per heavy atom. The molecule has 0 amide bonds. The van der Waals surface area contributed by atoms with Crippen molar-refractivity contribution in [2.45, 2.75) is 38.9 Å². The fourth-order valence-electron chi connectivity index (χ4n) is 4.80. The van der Waals surface area contributed by atoms with Crippen LogP contribution in [0.3, 0.4) is 0 Å². The summed E-state index contributed by atoms with van der Waals surface area (Å²) in [6.07, 6.45) is 0.834. The number of halogens is 1. The van der Waals surface area contributed by atoms with Crippen LogP contribution in [0.25, 0.3) is 32.8 Å². The molecule has 0 aliphatic carbocycles. The standard InChI is InChI=1S/C27H25FN2O5/c1-27(2,3)35-24(26(32)33)23-21(20-16(25(31)30(23)4)6-5-7-17(20)28)15-8-9-18-19-14(11-13-34-18)10-12-29-22(15)19/h5-10,12,24H,11,13H2,1-4H3,(H,32,33)/t24-/m1/s1. The molecule has 0 spiro atoms. The van der Waals surface area contributed by atoms with Crippen molar-refractivity contribution in [1.82, 2.24) is 9.55 Å². The van der Waals surface area contributed by atoms with Gasteiger partial charge in [-0.15, -0.1) is 0 Å². The first kappa shape index (κ1) is 23.0. The molecule has 8 heteroatoms. The van der Waals surface area contributed by atoms with Crippen LogP contribution in [0.1, 0.15) is 38.1 Å². The van der Waals surface area contributed by atoms with Gasteiger partial charge in [0, 0.05) is 41.6 Å². The molecule has 2 aromatic carbocycles. The molecule has 7 nitrogen and oxygen atoms in total. The third kappa shape index (κ3) is 3.74. The van der Waals surface area contributed by atoms with E-state index in [9.17, 15) is 14.7 Å². The number of carboxylic acids is 1. The summed E-state index contributed by atoms with van der Waals surface area (Å²) in [5, 5.41) is 11.2. The molecule has 5 rings (SSSR count). The number of fused-ring (bicyclic) bond motifs is 1. The second kappa shape index (κ2) is 8.16. The summed E-state index contributed by atoms with van der Waals surface area (Å²) in [6, 6.07) is 9.70. The number of nitrogens with zero attached hydrogens (tertiary/aromatic N) is 2. The molecular weight excluding hydrogens is 451 g/mol. The van der Waals surface area contributed by atoms with Crippen LogP contribution in [0.5, 0.6) is 5.75 Å². The minimum atomic E-state index is -1.53. The van der Waals surface area contributed by atoms with Gasteiger partial charge in [0.15, 0.2) is 6.10 Å². The van der Waals surface area contributed by atoms with Gasteiger partial charge in [-0.1, -0.05) is 6.07 Å². The molecule has 3 heterocycles. The first-order valence-electron chi connectivity index (χ1n) is 11.3. The Hall–Kier alpha value is -3.78. The van der Waals surface area contributed by atoms with E-state index in [0.29, 0.717) is 29.9 Å². The maximum atomic E-state index is 15.5. The molecule has 1 aliphatic heterocycles. The number of benzene rings is 2. The Morgan fingerprint density at radius 1 is 1.20 bits per heavy atom. The van der Waals surface area contributed by atoms with Gasteiger partial charge < -0.3 is 19.1 Å². The minimum absolute atomic E-state index is 0.0357. The number of hydrogen-bond donors (Lipinski definition) is 1. The quantitative estimate of drug-likeness (QED) is 0.456. The smallest absolute Gasteiger partial charge is 0.339 e. The third-order valence-electron chi connectivity index (χ3n) is 6.20. The lowest BCUT2D eigenvalue weighted by atomic mass is 9.90. The number of ether oxygens (including phenoxy) is 2. The van der Waals surface area contributed by atoms with Gasteiger partial charge in [-0.2, -0.15) is 0 Å². The molecule has 1 atom stereocenters. The zero-order valence-corrected chi connectivity index (χ0v) is 19.9. The van der Waals surface area contributed by atoms with Crippen molar-refractivity contribution in [3.05, 3.63) is 70.0 Å². The molecule has 0 saturated heterocycles. The second-order valence-electron chi connectivity index (χ2n) is 9.64. The van der Waals surface area contributed by atoms with E-state index < -0.39 is 29.1 Å². The summed E-state index contributed by atoms with van der Waals surface area (Å²) in [5.41, 5.74) is 1.03. The lowest BCUT2D eigenvalue weighted by molar-refractivity contribution is -0.161. The van der Waals surface area contributed by atoms with Gasteiger partial charge in [0.1, 0.15) is 11.6 Å². The van der Waals surface area contributed by atoms with E-state index in [-0.39, 0.29) is 22.0 Å². The van der Waals surface area contributed by atoms with E-state index in [1.165, 1.54) is 29.8 Å². The summed E-state index contributed by atoms with van der Waals surface area (Å²) in [7, 11) is 1.48. The van der Waals surface area contributed by atoms with Gasteiger partial charge in [0.05, 0.1) is 28.8 Å². The summed E-state index contributed by atoms with van der Waals surface area (Å²) >= 11 is 0. The average Bonchev–Trinajstić information content (AvgIpc) is 2.80. The fraction of sp³-hybridized carbons (Fsp3) is 0.296. The normalized spacial score (nSPS) is 14.2. The Labute approximate surface area is 200 Å². The van der Waals surface area contributed by atoms with E-state index in [1.807, 2.05) is 6.07 Å². The monoisotopic (exact) mass is 476 g/mol. The summed E-state index contributed by atoms with van der Waals surface area (Å²) in [5.74, 6) is -1.26. The van der Waals surface area contributed by atoms with Crippen LogP contribution in [0, 0.1) is 5.82 Å². The van der Waals surface area contributed by atoms with Gasteiger partial charge >= 0.3 is 5.97 Å². The Kier molecular flexibility index (Phi) is 5.36. The van der Waals surface area contributed by atoms with Gasteiger partial charge in [-0.3, -0.25) is 9.78 Å². The third-order valence-corrected chi connectivity index (χ3v) is 6.20. The highest BCUT2D eigenvalue weighted by molar-refractivity contribution is 6.08. The molecule has 180 valence electrons. The molecule has 0 unspecified atom stereocenters. The van der Waals surface area contributed by atoms with Gasteiger partial charge in [-0.05, 0) is 56.7 Å². The highest BCUT2D eigenvalue weighted by Crippen LogP contribution is 2.43. The van der Waals surface area contributed by atoms with Crippen LogP contribution in [-0.2, 0) is 23.0 Å². The summed E-state index contributed by atoms with van der Waals surface area (Å²) in [6.45, 7) is 5.71. The summed E-state index contributed by atoms with van der Waals surface area (Å²) in [4.78, 5) is 30.4. The van der Waals surface area contributed by atoms with Gasteiger partial charge in [0.25, 0.3) is 5.56 Å². The predicted octanol–water partition coefficient (Wildman–Crippen LogP) is 4.77. The minimum Gasteiger partial charge on any atom is -0.493 e. The molecule has 0 bridgehead atoms. The maximum absolute atomic E-state index is 15.5. The number of pyridine rings is 2. The molecular formula is C27H25FN2O5. The van der Waals surface area contributed by atoms with Crippen LogP contribution in [0.2, 0.25) is 0 Å². The predicted molar refractivity (Wildman–Crippen MR) is 130 cm³/mol. The van der Waals surface area contributed by atoms with Crippen LogP contribution in [0.4, 0.5) is 4.39 Å². The lowest BCUT2D eigenvalue weighted by Crippen LogP contribution is -2.33. The highest BCUT2D eigenvalue weighted by Gasteiger charge is 2.34. The SMILES string of the molecule is Cn1c([C@@H](OC(C)(C)C)C(=O)O)c(-c2ccc3c4c(ccnc24)CCO3)c2c(F)cccc2c1=O. The summed E-state index contributed by atoms with van der Waals surface area (Å²) < 4.78 is 28.5. The van der Waals surface area contributed by atoms with Crippen molar-refractivity contribution in [3.8, 4) is 16.9 Å². The van der Waals surface area contributed by atoms with E-state index in [0.717, 1.165) is 10.9 Å². The van der Waals surface area contributed by atoms with Gasteiger partial charge in [0.2, 0.25) is 0 Å². The zero-order valence-electron chi connectivity index (χ0n) is 19.9. The van der Waals surface area contributed by atoms with E-state index in [4.69, 9.17) is 9.47 Å². The van der Waals surface area contributed by atoms with E-state index in [2.05, 4.69) is 4.98 Å². The molecule has 4 aromatic rings. The Morgan fingerprint density at radius 2 is 1.97 bits per heavy atom. The van der Waals surface area contributed by atoms with Crippen LogP contribution < -0.4 is 10.3 Å². The Balaban J connectivity index is 1.99. The largest absolute Gasteiger partial charge is 0.493 e.